The lowest BCUT2D eigenvalue weighted by atomic mass is 10.1. The Bertz CT molecular complexity index is 589. The van der Waals surface area contributed by atoms with Crippen LogP contribution in [-0.4, -0.2) is 16.7 Å². The molecule has 0 spiro atoms. The Labute approximate surface area is 103 Å². The molecule has 1 heterocycles. The molecule has 0 saturated heterocycles. The van der Waals surface area contributed by atoms with E-state index in [1.165, 1.54) is 12.1 Å². The van der Waals surface area contributed by atoms with Gasteiger partial charge >= 0.3 is 0 Å². The van der Waals surface area contributed by atoms with E-state index in [0.29, 0.717) is 12.4 Å². The van der Waals surface area contributed by atoms with Crippen molar-refractivity contribution < 1.29 is 13.7 Å². The van der Waals surface area contributed by atoms with Crippen molar-refractivity contribution >= 4 is 0 Å². The largest absolute Gasteiger partial charge is 0.374 e. The zero-order valence-electron chi connectivity index (χ0n) is 9.68. The monoisotopic (exact) mass is 247 g/mol. The van der Waals surface area contributed by atoms with Crippen LogP contribution >= 0.6 is 0 Å². The van der Waals surface area contributed by atoms with Gasteiger partial charge in [0.2, 0.25) is 0 Å². The van der Waals surface area contributed by atoms with Crippen molar-refractivity contribution in [2.75, 3.05) is 6.61 Å². The van der Waals surface area contributed by atoms with Gasteiger partial charge in [-0.25, -0.2) is 4.39 Å². The average molecular weight is 247 g/mol. The molecule has 2 aromatic rings. The molecule has 0 saturated carbocycles. The molecule has 0 unspecified atom stereocenters. The summed E-state index contributed by atoms with van der Waals surface area (Å²) in [5.74, 6) is -0.139. The maximum atomic E-state index is 13.4. The molecule has 0 aliphatic heterocycles. The van der Waals surface area contributed by atoms with Crippen molar-refractivity contribution in [3.63, 3.8) is 0 Å². The van der Waals surface area contributed by atoms with Crippen LogP contribution in [0.1, 0.15) is 18.3 Å². The topological polar surface area (TPSA) is 71.9 Å². The summed E-state index contributed by atoms with van der Waals surface area (Å²) >= 11 is 0. The SMILES string of the molecule is CCOCc1noc(-c2cccc(F)c2C#N)n1. The number of aromatic nitrogens is 2. The third kappa shape index (κ3) is 2.36. The van der Waals surface area contributed by atoms with E-state index in [0.717, 1.165) is 0 Å². The number of ether oxygens (including phenoxy) is 1. The van der Waals surface area contributed by atoms with Crippen LogP contribution < -0.4 is 0 Å². The molecule has 0 fully saturated rings. The molecular weight excluding hydrogens is 237 g/mol. The molecule has 2 rings (SSSR count). The first kappa shape index (κ1) is 12.2. The van der Waals surface area contributed by atoms with Gasteiger partial charge in [0.25, 0.3) is 5.89 Å². The van der Waals surface area contributed by atoms with Gasteiger partial charge < -0.3 is 9.26 Å². The first-order valence-electron chi connectivity index (χ1n) is 5.35. The Kier molecular flexibility index (Phi) is 3.65. The summed E-state index contributed by atoms with van der Waals surface area (Å²) in [7, 11) is 0. The van der Waals surface area contributed by atoms with Gasteiger partial charge in [0.1, 0.15) is 24.1 Å². The predicted octanol–water partition coefficient (Wildman–Crippen LogP) is 2.28. The van der Waals surface area contributed by atoms with E-state index in [9.17, 15) is 4.39 Å². The minimum atomic E-state index is -0.612. The zero-order chi connectivity index (χ0) is 13.0. The highest BCUT2D eigenvalue weighted by Gasteiger charge is 2.15. The number of hydrogen-bond donors (Lipinski definition) is 0. The summed E-state index contributed by atoms with van der Waals surface area (Å²) in [6.45, 7) is 2.60. The van der Waals surface area contributed by atoms with Crippen molar-refractivity contribution in [1.82, 2.24) is 10.1 Å². The fourth-order valence-corrected chi connectivity index (χ4v) is 1.43. The summed E-state index contributed by atoms with van der Waals surface area (Å²) in [4.78, 5) is 4.05. The lowest BCUT2D eigenvalue weighted by Gasteiger charge is -1.98. The van der Waals surface area contributed by atoms with E-state index >= 15 is 0 Å². The minimum absolute atomic E-state index is 0.107. The van der Waals surface area contributed by atoms with Gasteiger partial charge in [-0.1, -0.05) is 11.2 Å². The smallest absolute Gasteiger partial charge is 0.259 e. The highest BCUT2D eigenvalue weighted by atomic mass is 19.1. The molecule has 92 valence electrons. The van der Waals surface area contributed by atoms with Crippen LogP contribution in [0.3, 0.4) is 0 Å². The average Bonchev–Trinajstić information content (AvgIpc) is 2.84. The maximum absolute atomic E-state index is 13.4. The van der Waals surface area contributed by atoms with Crippen LogP contribution in [0.4, 0.5) is 4.39 Å². The number of halogens is 1. The molecule has 6 heteroatoms. The third-order valence-corrected chi connectivity index (χ3v) is 2.26. The highest BCUT2D eigenvalue weighted by Crippen LogP contribution is 2.23. The molecule has 1 aromatic carbocycles. The van der Waals surface area contributed by atoms with E-state index in [-0.39, 0.29) is 23.6 Å². The maximum Gasteiger partial charge on any atom is 0.259 e. The number of rotatable bonds is 4. The van der Waals surface area contributed by atoms with Gasteiger partial charge in [-0.2, -0.15) is 10.2 Å². The number of benzene rings is 1. The molecule has 0 N–H and O–H groups in total. The molecule has 18 heavy (non-hydrogen) atoms. The number of nitrogens with zero attached hydrogens (tertiary/aromatic N) is 3. The molecule has 0 aliphatic rings. The Morgan fingerprint density at radius 2 is 2.33 bits per heavy atom. The van der Waals surface area contributed by atoms with Crippen molar-refractivity contribution in [3.8, 4) is 17.5 Å². The van der Waals surface area contributed by atoms with Gasteiger partial charge in [-0.05, 0) is 19.1 Å². The summed E-state index contributed by atoms with van der Waals surface area (Å²) in [5.41, 5.74) is 0.178. The van der Waals surface area contributed by atoms with E-state index in [2.05, 4.69) is 10.1 Å². The van der Waals surface area contributed by atoms with Crippen LogP contribution in [0.15, 0.2) is 22.7 Å². The van der Waals surface area contributed by atoms with Crippen LogP contribution in [-0.2, 0) is 11.3 Å². The molecule has 0 atom stereocenters. The first-order valence-corrected chi connectivity index (χ1v) is 5.35. The van der Waals surface area contributed by atoms with Crippen LogP contribution in [0.5, 0.6) is 0 Å². The Morgan fingerprint density at radius 1 is 1.50 bits per heavy atom. The van der Waals surface area contributed by atoms with Crippen LogP contribution in [0.2, 0.25) is 0 Å². The lowest BCUT2D eigenvalue weighted by Crippen LogP contribution is -1.94. The first-order chi connectivity index (χ1) is 8.76. The van der Waals surface area contributed by atoms with Crippen LogP contribution in [0.25, 0.3) is 11.5 Å². The van der Waals surface area contributed by atoms with Crippen molar-refractivity contribution in [2.24, 2.45) is 0 Å². The molecule has 1 aromatic heterocycles. The molecule has 5 nitrogen and oxygen atoms in total. The zero-order valence-corrected chi connectivity index (χ0v) is 9.68. The number of hydrogen-bond acceptors (Lipinski definition) is 5. The second kappa shape index (κ2) is 5.38. The standard InChI is InChI=1S/C12H10FN3O2/c1-2-17-7-11-15-12(18-16-11)8-4-3-5-10(13)9(8)6-14/h3-5H,2,7H2,1H3. The van der Waals surface area contributed by atoms with Gasteiger partial charge in [0, 0.05) is 6.61 Å². The molecule has 0 amide bonds. The quantitative estimate of drug-likeness (QED) is 0.828. The molecule has 0 radical (unpaired) electrons. The van der Waals surface area contributed by atoms with Crippen molar-refractivity contribution in [1.29, 1.82) is 5.26 Å². The van der Waals surface area contributed by atoms with Crippen molar-refractivity contribution in [2.45, 2.75) is 13.5 Å². The molecular formula is C12H10FN3O2. The highest BCUT2D eigenvalue weighted by molar-refractivity contribution is 5.63. The Morgan fingerprint density at radius 3 is 3.06 bits per heavy atom. The fourth-order valence-electron chi connectivity index (χ4n) is 1.43. The number of nitriles is 1. The van der Waals surface area contributed by atoms with Gasteiger partial charge in [0.05, 0.1) is 5.56 Å². The fraction of sp³-hybridized carbons (Fsp3) is 0.250. The van der Waals surface area contributed by atoms with Crippen molar-refractivity contribution in [3.05, 3.63) is 35.4 Å². The van der Waals surface area contributed by atoms with Gasteiger partial charge in [-0.3, -0.25) is 0 Å². The molecule has 0 bridgehead atoms. The third-order valence-electron chi connectivity index (χ3n) is 2.26. The van der Waals surface area contributed by atoms with E-state index in [1.807, 2.05) is 6.92 Å². The minimum Gasteiger partial charge on any atom is -0.374 e. The van der Waals surface area contributed by atoms with E-state index in [1.54, 1.807) is 12.1 Å². The molecule has 0 aliphatic carbocycles. The second-order valence-electron chi connectivity index (χ2n) is 3.43. The summed E-state index contributed by atoms with van der Waals surface area (Å²) < 4.78 is 23.5. The van der Waals surface area contributed by atoms with Gasteiger partial charge in [-0.15, -0.1) is 0 Å². The summed E-state index contributed by atoms with van der Waals surface area (Å²) in [6, 6.07) is 6.03. The Hall–Kier alpha value is -2.26. The Balaban J connectivity index is 2.35. The van der Waals surface area contributed by atoms with Gasteiger partial charge in [0.15, 0.2) is 5.82 Å². The predicted molar refractivity (Wildman–Crippen MR) is 59.7 cm³/mol. The van der Waals surface area contributed by atoms with E-state index < -0.39 is 5.82 Å². The second-order valence-corrected chi connectivity index (χ2v) is 3.43. The normalized spacial score (nSPS) is 10.3. The lowest BCUT2D eigenvalue weighted by molar-refractivity contribution is 0.126. The summed E-state index contributed by atoms with van der Waals surface area (Å²) in [5, 5.41) is 12.6. The van der Waals surface area contributed by atoms with E-state index in [4.69, 9.17) is 14.5 Å². The summed E-state index contributed by atoms with van der Waals surface area (Å²) in [6.07, 6.45) is 0. The van der Waals surface area contributed by atoms with Crippen LogP contribution in [0, 0.1) is 17.1 Å².